The average molecular weight is 506 g/mol. The van der Waals surface area contributed by atoms with E-state index in [4.69, 9.17) is 14.2 Å². The van der Waals surface area contributed by atoms with Gasteiger partial charge in [-0.3, -0.25) is 5.01 Å². The number of hydrogen-bond donors (Lipinski definition) is 2. The van der Waals surface area contributed by atoms with Crippen molar-refractivity contribution >= 4 is 29.3 Å². The van der Waals surface area contributed by atoms with Crippen LogP contribution in [0.4, 0.5) is 16.2 Å². The minimum atomic E-state index is -1.24. The molecule has 2 amide bonds. The summed E-state index contributed by atoms with van der Waals surface area (Å²) in [7, 11) is 4.38. The SMILES string of the molecule is COC(=O)c1cc(NC(=O)N(C)N2c3ccccc3CC2OCc2cccc(OC)c2)cc(C(=O)O)c1. The van der Waals surface area contributed by atoms with Crippen molar-refractivity contribution in [2.24, 2.45) is 0 Å². The summed E-state index contributed by atoms with van der Waals surface area (Å²) in [6.45, 7) is 0.297. The minimum absolute atomic E-state index is 0.00590. The number of aromatic carboxylic acids is 1. The van der Waals surface area contributed by atoms with E-state index in [-0.39, 0.29) is 16.8 Å². The lowest BCUT2D eigenvalue weighted by Crippen LogP contribution is -2.50. The van der Waals surface area contributed by atoms with Gasteiger partial charge < -0.3 is 24.6 Å². The van der Waals surface area contributed by atoms with Gasteiger partial charge in [0.1, 0.15) is 5.75 Å². The van der Waals surface area contributed by atoms with Crippen molar-refractivity contribution in [3.8, 4) is 5.75 Å². The Balaban J connectivity index is 1.56. The molecule has 10 nitrogen and oxygen atoms in total. The van der Waals surface area contributed by atoms with E-state index in [1.807, 2.05) is 48.5 Å². The summed E-state index contributed by atoms with van der Waals surface area (Å²) in [5.41, 5.74) is 2.73. The third-order valence-corrected chi connectivity index (χ3v) is 5.95. The zero-order chi connectivity index (χ0) is 26.5. The zero-order valence-electron chi connectivity index (χ0n) is 20.6. The minimum Gasteiger partial charge on any atom is -0.497 e. The molecule has 1 atom stereocenters. The molecule has 1 heterocycles. The van der Waals surface area contributed by atoms with Gasteiger partial charge in [0.05, 0.1) is 37.6 Å². The number of anilines is 2. The van der Waals surface area contributed by atoms with Crippen molar-refractivity contribution in [2.75, 3.05) is 31.6 Å². The number of esters is 1. The first-order valence-corrected chi connectivity index (χ1v) is 11.4. The average Bonchev–Trinajstić information content (AvgIpc) is 3.29. The highest BCUT2D eigenvalue weighted by Gasteiger charge is 2.35. The Hall–Kier alpha value is -4.57. The number of methoxy groups -OCH3 is 2. The van der Waals surface area contributed by atoms with Gasteiger partial charge >= 0.3 is 18.0 Å². The number of benzene rings is 3. The second kappa shape index (κ2) is 11.0. The van der Waals surface area contributed by atoms with Gasteiger partial charge in [-0.05, 0) is 47.5 Å². The van der Waals surface area contributed by atoms with E-state index in [0.717, 1.165) is 22.6 Å². The number of carboxylic acids is 1. The van der Waals surface area contributed by atoms with Crippen LogP contribution < -0.4 is 15.1 Å². The Kier molecular flexibility index (Phi) is 7.59. The lowest BCUT2D eigenvalue weighted by atomic mass is 10.1. The van der Waals surface area contributed by atoms with Gasteiger partial charge in [0.2, 0.25) is 0 Å². The smallest absolute Gasteiger partial charge is 0.340 e. The summed E-state index contributed by atoms with van der Waals surface area (Å²) in [5.74, 6) is -1.24. The number of nitrogens with one attached hydrogen (secondary N) is 1. The molecule has 3 aromatic carbocycles. The molecule has 0 radical (unpaired) electrons. The van der Waals surface area contributed by atoms with Crippen molar-refractivity contribution in [3.05, 3.63) is 89.0 Å². The molecule has 37 heavy (non-hydrogen) atoms. The molecule has 1 aliphatic rings. The fourth-order valence-electron chi connectivity index (χ4n) is 4.14. The van der Waals surface area contributed by atoms with Crippen molar-refractivity contribution in [2.45, 2.75) is 19.3 Å². The molecule has 0 bridgehead atoms. The Labute approximate surface area is 213 Å². The number of nitrogens with zero attached hydrogens (tertiary/aromatic N) is 2. The van der Waals surface area contributed by atoms with Crippen LogP contribution in [-0.2, 0) is 22.5 Å². The maximum atomic E-state index is 13.3. The van der Waals surface area contributed by atoms with Crippen LogP contribution in [0.1, 0.15) is 31.8 Å². The van der Waals surface area contributed by atoms with Crippen molar-refractivity contribution in [1.82, 2.24) is 5.01 Å². The van der Waals surface area contributed by atoms with E-state index in [9.17, 15) is 19.5 Å². The first-order valence-electron chi connectivity index (χ1n) is 11.4. The number of fused-ring (bicyclic) bond motifs is 1. The molecule has 0 saturated carbocycles. The van der Waals surface area contributed by atoms with Crippen LogP contribution in [0.3, 0.4) is 0 Å². The van der Waals surface area contributed by atoms with Crippen LogP contribution in [-0.4, -0.2) is 55.6 Å². The Morgan fingerprint density at radius 1 is 1.03 bits per heavy atom. The van der Waals surface area contributed by atoms with E-state index >= 15 is 0 Å². The first-order chi connectivity index (χ1) is 17.8. The third kappa shape index (κ3) is 5.65. The molecule has 192 valence electrons. The highest BCUT2D eigenvalue weighted by Crippen LogP contribution is 2.34. The van der Waals surface area contributed by atoms with Gasteiger partial charge in [0, 0.05) is 19.2 Å². The summed E-state index contributed by atoms with van der Waals surface area (Å²) >= 11 is 0. The summed E-state index contributed by atoms with van der Waals surface area (Å²) in [6, 6.07) is 18.5. The van der Waals surface area contributed by atoms with Gasteiger partial charge in [-0.2, -0.15) is 0 Å². The fraction of sp³-hybridized carbons (Fsp3) is 0.222. The summed E-state index contributed by atoms with van der Waals surface area (Å²) in [4.78, 5) is 36.8. The number of urea groups is 1. The van der Waals surface area contributed by atoms with Crippen molar-refractivity contribution in [1.29, 1.82) is 0 Å². The zero-order valence-corrected chi connectivity index (χ0v) is 20.6. The highest BCUT2D eigenvalue weighted by atomic mass is 16.5. The fourth-order valence-corrected chi connectivity index (χ4v) is 4.14. The molecule has 0 fully saturated rings. The number of carboxylic acid groups (broad SMARTS) is 1. The molecule has 10 heteroatoms. The molecular formula is C27H27N3O7. The first kappa shape index (κ1) is 25.5. The number of hydrogen-bond acceptors (Lipinski definition) is 7. The van der Waals surface area contributed by atoms with Crippen LogP contribution in [0.5, 0.6) is 5.75 Å². The number of hydrazine groups is 1. The number of amides is 2. The number of ether oxygens (including phenoxy) is 3. The topological polar surface area (TPSA) is 118 Å². The van der Waals surface area contributed by atoms with E-state index in [0.29, 0.717) is 13.0 Å². The Bertz CT molecular complexity index is 1330. The predicted octanol–water partition coefficient (Wildman–Crippen LogP) is 4.16. The summed E-state index contributed by atoms with van der Waals surface area (Å²) in [5, 5.41) is 15.2. The van der Waals surface area contributed by atoms with E-state index < -0.39 is 24.2 Å². The van der Waals surface area contributed by atoms with Crippen LogP contribution in [0.15, 0.2) is 66.7 Å². The van der Waals surface area contributed by atoms with Crippen LogP contribution in [0, 0.1) is 0 Å². The van der Waals surface area contributed by atoms with Gasteiger partial charge in [0.15, 0.2) is 6.23 Å². The maximum Gasteiger partial charge on any atom is 0.340 e. The number of carbonyl (C=O) groups is 3. The predicted molar refractivity (Wildman–Crippen MR) is 136 cm³/mol. The molecule has 0 spiro atoms. The van der Waals surface area contributed by atoms with Crippen molar-refractivity contribution < 1.29 is 33.7 Å². The number of carbonyl (C=O) groups excluding carboxylic acids is 2. The largest absolute Gasteiger partial charge is 0.497 e. The second-order valence-corrected chi connectivity index (χ2v) is 8.34. The standard InChI is InChI=1S/C27H27N3O7/c1-29(27(34)28-21-13-19(25(31)32)12-20(14-21)26(33)36-3)30-23-10-5-4-8-18(23)15-24(30)37-16-17-7-6-9-22(11-17)35-2/h4-14,24H,15-16H2,1-3H3,(H,28,34)(H,31,32). The van der Waals surface area contributed by atoms with Crippen molar-refractivity contribution in [3.63, 3.8) is 0 Å². The van der Waals surface area contributed by atoms with Gasteiger partial charge in [-0.1, -0.05) is 30.3 Å². The number of para-hydroxylation sites is 1. The normalized spacial score (nSPS) is 14.0. The molecule has 1 aliphatic heterocycles. The van der Waals surface area contributed by atoms with Gasteiger partial charge in [-0.15, -0.1) is 0 Å². The van der Waals surface area contributed by atoms with Gasteiger partial charge in [-0.25, -0.2) is 19.4 Å². The van der Waals surface area contributed by atoms with E-state index in [2.05, 4.69) is 5.32 Å². The lowest BCUT2D eigenvalue weighted by Gasteiger charge is -2.35. The Morgan fingerprint density at radius 2 is 1.78 bits per heavy atom. The Morgan fingerprint density at radius 3 is 2.51 bits per heavy atom. The summed E-state index contributed by atoms with van der Waals surface area (Å²) in [6.07, 6.45) is 0.0778. The van der Waals surface area contributed by atoms with Gasteiger partial charge in [0.25, 0.3) is 0 Å². The van der Waals surface area contributed by atoms with Crippen LogP contribution in [0.25, 0.3) is 0 Å². The highest BCUT2D eigenvalue weighted by molar-refractivity contribution is 5.99. The summed E-state index contributed by atoms with van der Waals surface area (Å²) < 4.78 is 16.2. The molecule has 4 rings (SSSR count). The molecule has 3 aromatic rings. The quantitative estimate of drug-likeness (QED) is 0.438. The molecule has 0 saturated heterocycles. The lowest BCUT2D eigenvalue weighted by molar-refractivity contribution is 0.0216. The molecular weight excluding hydrogens is 478 g/mol. The second-order valence-electron chi connectivity index (χ2n) is 8.34. The molecule has 0 aliphatic carbocycles. The third-order valence-electron chi connectivity index (χ3n) is 5.95. The monoisotopic (exact) mass is 505 g/mol. The van der Waals surface area contributed by atoms with Crippen LogP contribution in [0.2, 0.25) is 0 Å². The number of rotatable bonds is 8. The molecule has 2 N–H and O–H groups in total. The molecule has 1 unspecified atom stereocenters. The van der Waals surface area contributed by atoms with E-state index in [1.165, 1.54) is 30.3 Å². The maximum absolute atomic E-state index is 13.3. The van der Waals surface area contributed by atoms with E-state index in [1.54, 1.807) is 19.2 Å². The molecule has 0 aromatic heterocycles. The van der Waals surface area contributed by atoms with Crippen LogP contribution >= 0.6 is 0 Å².